The predicted octanol–water partition coefficient (Wildman–Crippen LogP) is 4.15. The van der Waals surface area contributed by atoms with E-state index in [9.17, 15) is 14.9 Å². The van der Waals surface area contributed by atoms with E-state index >= 15 is 0 Å². The lowest BCUT2D eigenvalue weighted by molar-refractivity contribution is -0.384. The standard InChI is InChI=1S/C20H18N4O4S/c1-28-17-10-13(24(26)27)8-9-16(17)21-18(25)11-29-20-14-4-2-3-5-15(14)22-19(23-20)12-6-7-12/h2-5,8-10,12H,6-7,11H2,1H3,(H,21,25). The van der Waals surface area contributed by atoms with Crippen molar-refractivity contribution in [3.8, 4) is 5.75 Å². The van der Waals surface area contributed by atoms with Crippen molar-refractivity contribution in [2.45, 2.75) is 23.8 Å². The SMILES string of the molecule is COc1cc([N+](=O)[O-])ccc1NC(=O)CSc1nc(C2CC2)nc2ccccc12. The lowest BCUT2D eigenvalue weighted by Gasteiger charge is -2.11. The van der Waals surface area contributed by atoms with Gasteiger partial charge in [-0.15, -0.1) is 0 Å². The zero-order chi connectivity index (χ0) is 20.4. The molecule has 1 N–H and O–H groups in total. The van der Waals surface area contributed by atoms with E-state index in [2.05, 4.69) is 15.3 Å². The number of anilines is 1. The van der Waals surface area contributed by atoms with Crippen molar-refractivity contribution in [3.63, 3.8) is 0 Å². The van der Waals surface area contributed by atoms with Crippen LogP contribution in [-0.4, -0.2) is 33.7 Å². The summed E-state index contributed by atoms with van der Waals surface area (Å²) in [5, 5.41) is 15.3. The number of hydrogen-bond donors (Lipinski definition) is 1. The first-order valence-electron chi connectivity index (χ1n) is 9.07. The highest BCUT2D eigenvalue weighted by Crippen LogP contribution is 2.40. The number of nitrogens with one attached hydrogen (secondary N) is 1. The zero-order valence-electron chi connectivity index (χ0n) is 15.6. The second-order valence-electron chi connectivity index (χ2n) is 6.66. The van der Waals surface area contributed by atoms with Gasteiger partial charge in [0.1, 0.15) is 16.6 Å². The quantitative estimate of drug-likeness (QED) is 0.270. The van der Waals surface area contributed by atoms with E-state index in [1.807, 2.05) is 24.3 Å². The monoisotopic (exact) mass is 410 g/mol. The Balaban J connectivity index is 1.50. The summed E-state index contributed by atoms with van der Waals surface area (Å²) in [4.78, 5) is 32.2. The second kappa shape index (κ2) is 8.04. The second-order valence-corrected chi connectivity index (χ2v) is 7.62. The van der Waals surface area contributed by atoms with Gasteiger partial charge in [0, 0.05) is 17.4 Å². The van der Waals surface area contributed by atoms with Crippen LogP contribution in [0.5, 0.6) is 5.75 Å². The molecule has 2 aromatic carbocycles. The van der Waals surface area contributed by atoms with E-state index < -0.39 is 4.92 Å². The molecule has 0 saturated heterocycles. The van der Waals surface area contributed by atoms with Crippen LogP contribution in [0.3, 0.4) is 0 Å². The Labute approximate surface area is 170 Å². The number of nitrogens with zero attached hydrogens (tertiary/aromatic N) is 3. The third-order valence-electron chi connectivity index (χ3n) is 4.54. The summed E-state index contributed by atoms with van der Waals surface area (Å²) in [6.45, 7) is 0. The summed E-state index contributed by atoms with van der Waals surface area (Å²) in [6.07, 6.45) is 2.20. The minimum absolute atomic E-state index is 0.103. The molecule has 0 atom stereocenters. The lowest BCUT2D eigenvalue weighted by Crippen LogP contribution is -2.15. The summed E-state index contributed by atoms with van der Waals surface area (Å²) in [5.74, 6) is 1.38. The molecule has 8 nitrogen and oxygen atoms in total. The first-order valence-corrected chi connectivity index (χ1v) is 10.1. The first-order chi connectivity index (χ1) is 14.0. The molecular formula is C20H18N4O4S. The number of fused-ring (bicyclic) bond motifs is 1. The average Bonchev–Trinajstić information content (AvgIpc) is 3.57. The molecule has 29 heavy (non-hydrogen) atoms. The van der Waals surface area contributed by atoms with Gasteiger partial charge in [-0.1, -0.05) is 30.0 Å². The molecule has 1 aromatic heterocycles. The zero-order valence-corrected chi connectivity index (χ0v) is 16.4. The number of nitro groups is 1. The van der Waals surface area contributed by atoms with E-state index in [0.717, 1.165) is 34.6 Å². The van der Waals surface area contributed by atoms with Crippen LogP contribution in [0, 0.1) is 10.1 Å². The molecule has 0 spiro atoms. The Kier molecular flexibility index (Phi) is 5.30. The number of rotatable bonds is 7. The fourth-order valence-corrected chi connectivity index (χ4v) is 3.74. The van der Waals surface area contributed by atoms with Gasteiger partial charge in [0.05, 0.1) is 35.1 Å². The predicted molar refractivity (Wildman–Crippen MR) is 111 cm³/mol. The van der Waals surface area contributed by atoms with Crippen LogP contribution in [0.1, 0.15) is 24.6 Å². The number of methoxy groups -OCH3 is 1. The number of para-hydroxylation sites is 1. The maximum absolute atomic E-state index is 12.5. The molecule has 0 radical (unpaired) electrons. The highest BCUT2D eigenvalue weighted by atomic mass is 32.2. The van der Waals surface area contributed by atoms with E-state index in [-0.39, 0.29) is 23.1 Å². The van der Waals surface area contributed by atoms with Gasteiger partial charge in [-0.05, 0) is 25.0 Å². The molecule has 1 aliphatic rings. The molecule has 0 unspecified atom stereocenters. The molecule has 1 fully saturated rings. The van der Waals surface area contributed by atoms with E-state index in [4.69, 9.17) is 4.74 Å². The van der Waals surface area contributed by atoms with Crippen LogP contribution >= 0.6 is 11.8 Å². The van der Waals surface area contributed by atoms with Crippen LogP contribution in [0.2, 0.25) is 0 Å². The Bertz CT molecular complexity index is 1100. The Morgan fingerprint density at radius 2 is 2.07 bits per heavy atom. The number of carbonyl (C=O) groups is 1. The van der Waals surface area contributed by atoms with Crippen LogP contribution in [-0.2, 0) is 4.79 Å². The Hall–Kier alpha value is -3.20. The highest BCUT2D eigenvalue weighted by Gasteiger charge is 2.27. The van der Waals surface area contributed by atoms with Crippen molar-refractivity contribution in [2.24, 2.45) is 0 Å². The number of ether oxygens (including phenoxy) is 1. The topological polar surface area (TPSA) is 107 Å². The van der Waals surface area contributed by atoms with Gasteiger partial charge >= 0.3 is 0 Å². The largest absolute Gasteiger partial charge is 0.494 e. The maximum atomic E-state index is 12.5. The van der Waals surface area contributed by atoms with Gasteiger partial charge in [-0.2, -0.15) is 0 Å². The number of non-ortho nitro benzene ring substituents is 1. The summed E-state index contributed by atoms with van der Waals surface area (Å²) in [5.41, 5.74) is 1.16. The van der Waals surface area contributed by atoms with Crippen LogP contribution < -0.4 is 10.1 Å². The van der Waals surface area contributed by atoms with Crippen molar-refractivity contribution in [3.05, 3.63) is 58.4 Å². The highest BCUT2D eigenvalue weighted by molar-refractivity contribution is 8.00. The Morgan fingerprint density at radius 1 is 1.28 bits per heavy atom. The number of benzene rings is 2. The van der Waals surface area contributed by atoms with Gasteiger partial charge in [0.2, 0.25) is 5.91 Å². The van der Waals surface area contributed by atoms with Gasteiger partial charge in [0.15, 0.2) is 0 Å². The number of amides is 1. The summed E-state index contributed by atoms with van der Waals surface area (Å²) in [6, 6.07) is 11.8. The van der Waals surface area contributed by atoms with E-state index in [1.165, 1.54) is 37.1 Å². The van der Waals surface area contributed by atoms with Crippen LogP contribution in [0.15, 0.2) is 47.5 Å². The maximum Gasteiger partial charge on any atom is 0.273 e. The van der Waals surface area contributed by atoms with Crippen molar-refractivity contribution in [1.82, 2.24) is 9.97 Å². The van der Waals surface area contributed by atoms with Gasteiger partial charge in [-0.3, -0.25) is 14.9 Å². The fourth-order valence-electron chi connectivity index (χ4n) is 2.92. The van der Waals surface area contributed by atoms with Gasteiger partial charge in [-0.25, -0.2) is 9.97 Å². The summed E-state index contributed by atoms with van der Waals surface area (Å²) in [7, 11) is 1.40. The third-order valence-corrected chi connectivity index (χ3v) is 5.53. The number of hydrogen-bond acceptors (Lipinski definition) is 7. The Morgan fingerprint density at radius 3 is 2.79 bits per heavy atom. The van der Waals surface area contributed by atoms with Crippen molar-refractivity contribution in [2.75, 3.05) is 18.2 Å². The molecular weight excluding hydrogens is 392 g/mol. The van der Waals surface area contributed by atoms with Crippen molar-refractivity contribution >= 4 is 39.9 Å². The molecule has 4 rings (SSSR count). The lowest BCUT2D eigenvalue weighted by atomic mass is 10.2. The number of nitro benzene ring substituents is 1. The molecule has 148 valence electrons. The van der Waals surface area contributed by atoms with Gasteiger partial charge < -0.3 is 10.1 Å². The van der Waals surface area contributed by atoms with Crippen molar-refractivity contribution < 1.29 is 14.5 Å². The first kappa shape index (κ1) is 19.1. The average molecular weight is 410 g/mol. The molecule has 1 amide bonds. The van der Waals surface area contributed by atoms with Crippen LogP contribution in [0.4, 0.5) is 11.4 Å². The number of thioether (sulfide) groups is 1. The van der Waals surface area contributed by atoms with Crippen molar-refractivity contribution in [1.29, 1.82) is 0 Å². The third kappa shape index (κ3) is 4.29. The van der Waals surface area contributed by atoms with Crippen LogP contribution in [0.25, 0.3) is 10.9 Å². The molecule has 1 heterocycles. The molecule has 1 saturated carbocycles. The molecule has 0 aliphatic heterocycles. The summed E-state index contributed by atoms with van der Waals surface area (Å²) < 4.78 is 5.16. The van der Waals surface area contributed by atoms with E-state index in [0.29, 0.717) is 11.6 Å². The minimum Gasteiger partial charge on any atom is -0.494 e. The smallest absolute Gasteiger partial charge is 0.273 e. The minimum atomic E-state index is -0.512. The molecule has 9 heteroatoms. The fraction of sp³-hybridized carbons (Fsp3) is 0.250. The molecule has 3 aromatic rings. The number of carbonyl (C=O) groups excluding carboxylic acids is 1. The van der Waals surface area contributed by atoms with Gasteiger partial charge in [0.25, 0.3) is 5.69 Å². The molecule has 1 aliphatic carbocycles. The summed E-state index contributed by atoms with van der Waals surface area (Å²) >= 11 is 1.35. The number of aromatic nitrogens is 2. The normalized spacial score (nSPS) is 13.3. The van der Waals surface area contributed by atoms with E-state index in [1.54, 1.807) is 0 Å². The molecule has 0 bridgehead atoms.